The standard InChI is InChI=1S/C16H26N2/c1-3-17-13-16(11-7-8-12-16)14-18(2)15-9-5-4-6-10-15/h4-6,9-10,17H,3,7-8,11-14H2,1-2H3. The maximum Gasteiger partial charge on any atom is 0.0363 e. The largest absolute Gasteiger partial charge is 0.374 e. The summed E-state index contributed by atoms with van der Waals surface area (Å²) in [5.74, 6) is 0. The zero-order valence-corrected chi connectivity index (χ0v) is 11.8. The molecule has 1 aromatic rings. The molecule has 0 aliphatic heterocycles. The van der Waals surface area contributed by atoms with E-state index in [0.29, 0.717) is 5.41 Å². The zero-order valence-electron chi connectivity index (χ0n) is 11.8. The van der Waals surface area contributed by atoms with Crippen LogP contribution in [0.25, 0.3) is 0 Å². The average molecular weight is 246 g/mol. The van der Waals surface area contributed by atoms with Crippen molar-refractivity contribution in [3.8, 4) is 0 Å². The van der Waals surface area contributed by atoms with Gasteiger partial charge < -0.3 is 10.2 Å². The molecule has 0 saturated heterocycles. The van der Waals surface area contributed by atoms with Crippen LogP contribution in [0.1, 0.15) is 32.6 Å². The second-order valence-electron chi connectivity index (χ2n) is 5.68. The molecule has 1 fully saturated rings. The van der Waals surface area contributed by atoms with Gasteiger partial charge in [0, 0.05) is 31.2 Å². The predicted molar refractivity (Wildman–Crippen MR) is 79.2 cm³/mol. The van der Waals surface area contributed by atoms with Crippen molar-refractivity contribution in [2.24, 2.45) is 5.41 Å². The highest BCUT2D eigenvalue weighted by Crippen LogP contribution is 2.38. The van der Waals surface area contributed by atoms with Gasteiger partial charge in [0.1, 0.15) is 0 Å². The van der Waals surface area contributed by atoms with Crippen molar-refractivity contribution in [1.29, 1.82) is 0 Å². The Balaban J connectivity index is 2.00. The van der Waals surface area contributed by atoms with Gasteiger partial charge in [0.2, 0.25) is 0 Å². The zero-order chi connectivity index (χ0) is 12.8. The molecule has 2 nitrogen and oxygen atoms in total. The first kappa shape index (κ1) is 13.4. The number of nitrogens with zero attached hydrogens (tertiary/aromatic N) is 1. The van der Waals surface area contributed by atoms with E-state index in [2.05, 4.69) is 54.5 Å². The van der Waals surface area contributed by atoms with Gasteiger partial charge in [-0.05, 0) is 31.5 Å². The molecule has 18 heavy (non-hydrogen) atoms. The monoisotopic (exact) mass is 246 g/mol. The van der Waals surface area contributed by atoms with Crippen LogP contribution in [-0.2, 0) is 0 Å². The number of nitrogens with one attached hydrogen (secondary N) is 1. The van der Waals surface area contributed by atoms with E-state index in [1.807, 2.05) is 0 Å². The minimum Gasteiger partial charge on any atom is -0.374 e. The van der Waals surface area contributed by atoms with Crippen LogP contribution in [0.4, 0.5) is 5.69 Å². The van der Waals surface area contributed by atoms with Gasteiger partial charge in [-0.3, -0.25) is 0 Å². The van der Waals surface area contributed by atoms with Crippen LogP contribution in [0.15, 0.2) is 30.3 Å². The molecular weight excluding hydrogens is 220 g/mol. The Kier molecular flexibility index (Phi) is 4.65. The molecule has 0 spiro atoms. The molecule has 1 aromatic carbocycles. The second-order valence-corrected chi connectivity index (χ2v) is 5.68. The quantitative estimate of drug-likeness (QED) is 0.828. The number of rotatable bonds is 6. The van der Waals surface area contributed by atoms with Crippen molar-refractivity contribution < 1.29 is 0 Å². The average Bonchev–Trinajstić information content (AvgIpc) is 2.86. The molecule has 2 rings (SSSR count). The van der Waals surface area contributed by atoms with Gasteiger partial charge in [-0.2, -0.15) is 0 Å². The van der Waals surface area contributed by atoms with Crippen molar-refractivity contribution in [2.45, 2.75) is 32.6 Å². The third kappa shape index (κ3) is 3.26. The third-order valence-corrected chi connectivity index (χ3v) is 4.18. The van der Waals surface area contributed by atoms with Crippen molar-refractivity contribution in [2.75, 3.05) is 31.6 Å². The van der Waals surface area contributed by atoms with Gasteiger partial charge >= 0.3 is 0 Å². The molecule has 1 aliphatic rings. The molecule has 0 amide bonds. The summed E-state index contributed by atoms with van der Waals surface area (Å²) in [5, 5.41) is 3.56. The van der Waals surface area contributed by atoms with Gasteiger partial charge in [-0.1, -0.05) is 38.0 Å². The number of para-hydroxylation sites is 1. The lowest BCUT2D eigenvalue weighted by atomic mass is 9.85. The smallest absolute Gasteiger partial charge is 0.0363 e. The van der Waals surface area contributed by atoms with Crippen LogP contribution < -0.4 is 10.2 Å². The van der Waals surface area contributed by atoms with Crippen LogP contribution in [-0.4, -0.2) is 26.7 Å². The molecule has 1 N–H and O–H groups in total. The van der Waals surface area contributed by atoms with Crippen LogP contribution in [0.2, 0.25) is 0 Å². The summed E-state index contributed by atoms with van der Waals surface area (Å²) in [6, 6.07) is 10.7. The predicted octanol–water partition coefficient (Wildman–Crippen LogP) is 3.29. The van der Waals surface area contributed by atoms with E-state index in [9.17, 15) is 0 Å². The van der Waals surface area contributed by atoms with Crippen LogP contribution >= 0.6 is 0 Å². The summed E-state index contributed by atoms with van der Waals surface area (Å²) in [6.07, 6.45) is 5.54. The minimum absolute atomic E-state index is 0.487. The van der Waals surface area contributed by atoms with Crippen LogP contribution in [0.3, 0.4) is 0 Å². The van der Waals surface area contributed by atoms with Gasteiger partial charge in [-0.25, -0.2) is 0 Å². The topological polar surface area (TPSA) is 15.3 Å². The number of hydrogen-bond acceptors (Lipinski definition) is 2. The Morgan fingerprint density at radius 1 is 1.17 bits per heavy atom. The van der Waals surface area contributed by atoms with Gasteiger partial charge in [0.05, 0.1) is 0 Å². The van der Waals surface area contributed by atoms with E-state index in [-0.39, 0.29) is 0 Å². The molecule has 1 aliphatic carbocycles. The summed E-state index contributed by atoms with van der Waals surface area (Å²) in [5.41, 5.74) is 1.82. The molecule has 0 radical (unpaired) electrons. The summed E-state index contributed by atoms with van der Waals surface area (Å²) < 4.78 is 0. The highest BCUT2D eigenvalue weighted by Gasteiger charge is 2.34. The van der Waals surface area contributed by atoms with E-state index < -0.39 is 0 Å². The molecular formula is C16H26N2. The first-order valence-corrected chi connectivity index (χ1v) is 7.23. The SMILES string of the molecule is CCNCC1(CN(C)c2ccccc2)CCCC1. The molecule has 0 aromatic heterocycles. The maximum absolute atomic E-state index is 3.56. The molecule has 100 valence electrons. The molecule has 1 saturated carbocycles. The van der Waals surface area contributed by atoms with E-state index in [4.69, 9.17) is 0 Å². The lowest BCUT2D eigenvalue weighted by Crippen LogP contribution is -2.41. The fraction of sp³-hybridized carbons (Fsp3) is 0.625. The fourth-order valence-corrected chi connectivity index (χ4v) is 3.18. The molecule has 0 atom stereocenters. The van der Waals surface area contributed by atoms with E-state index in [1.165, 1.54) is 44.5 Å². The Morgan fingerprint density at radius 2 is 1.83 bits per heavy atom. The van der Waals surface area contributed by atoms with Gasteiger partial charge in [0.15, 0.2) is 0 Å². The Bertz CT molecular complexity index is 341. The minimum atomic E-state index is 0.487. The number of anilines is 1. The summed E-state index contributed by atoms with van der Waals surface area (Å²) in [7, 11) is 2.22. The summed E-state index contributed by atoms with van der Waals surface area (Å²) in [6.45, 7) is 5.62. The van der Waals surface area contributed by atoms with Crippen molar-refractivity contribution in [3.05, 3.63) is 30.3 Å². The fourth-order valence-electron chi connectivity index (χ4n) is 3.18. The van der Waals surface area contributed by atoms with E-state index in [1.54, 1.807) is 0 Å². The normalized spacial score (nSPS) is 17.9. The first-order valence-electron chi connectivity index (χ1n) is 7.23. The lowest BCUT2D eigenvalue weighted by Gasteiger charge is -2.35. The Morgan fingerprint density at radius 3 is 2.44 bits per heavy atom. The van der Waals surface area contributed by atoms with E-state index >= 15 is 0 Å². The number of hydrogen-bond donors (Lipinski definition) is 1. The third-order valence-electron chi connectivity index (χ3n) is 4.18. The van der Waals surface area contributed by atoms with Crippen molar-refractivity contribution >= 4 is 5.69 Å². The molecule has 2 heteroatoms. The van der Waals surface area contributed by atoms with Crippen LogP contribution in [0.5, 0.6) is 0 Å². The first-order chi connectivity index (χ1) is 8.76. The van der Waals surface area contributed by atoms with Crippen molar-refractivity contribution in [1.82, 2.24) is 5.32 Å². The second kappa shape index (κ2) is 6.24. The van der Waals surface area contributed by atoms with E-state index in [0.717, 1.165) is 6.54 Å². The Hall–Kier alpha value is -1.02. The molecule has 0 heterocycles. The highest BCUT2D eigenvalue weighted by atomic mass is 15.1. The van der Waals surface area contributed by atoms with Crippen molar-refractivity contribution in [3.63, 3.8) is 0 Å². The highest BCUT2D eigenvalue weighted by molar-refractivity contribution is 5.45. The molecule has 0 unspecified atom stereocenters. The van der Waals surface area contributed by atoms with Crippen LogP contribution in [0, 0.1) is 5.41 Å². The maximum atomic E-state index is 3.56. The summed E-state index contributed by atoms with van der Waals surface area (Å²) >= 11 is 0. The Labute approximate surface area is 111 Å². The molecule has 0 bridgehead atoms. The van der Waals surface area contributed by atoms with Gasteiger partial charge in [-0.15, -0.1) is 0 Å². The van der Waals surface area contributed by atoms with Gasteiger partial charge in [0.25, 0.3) is 0 Å². The number of benzene rings is 1. The lowest BCUT2D eigenvalue weighted by molar-refractivity contribution is 0.289. The summed E-state index contributed by atoms with van der Waals surface area (Å²) in [4.78, 5) is 2.42.